The average molecular weight is 376 g/mol. The molecule has 0 aliphatic rings. The van der Waals surface area contributed by atoms with Crippen LogP contribution in [0.3, 0.4) is 0 Å². The molecule has 1 aromatic carbocycles. The van der Waals surface area contributed by atoms with Crippen LogP contribution in [0.4, 0.5) is 5.13 Å². The van der Waals surface area contributed by atoms with Crippen LogP contribution in [0.25, 0.3) is 6.08 Å². The first-order valence-corrected chi connectivity index (χ1v) is 8.65. The second kappa shape index (κ2) is 9.00. The van der Waals surface area contributed by atoms with E-state index in [9.17, 15) is 9.59 Å². The summed E-state index contributed by atoms with van der Waals surface area (Å²) in [5.74, 6) is 0.386. The van der Waals surface area contributed by atoms with E-state index < -0.39 is 5.97 Å². The quantitative estimate of drug-likeness (QED) is 0.589. The van der Waals surface area contributed by atoms with Crippen LogP contribution >= 0.6 is 11.3 Å². The summed E-state index contributed by atoms with van der Waals surface area (Å²) in [6.07, 6.45) is 3.02. The first kappa shape index (κ1) is 19.5. The van der Waals surface area contributed by atoms with Gasteiger partial charge in [0.15, 0.2) is 16.6 Å². The molecule has 2 aromatic rings. The smallest absolute Gasteiger partial charge is 0.350 e. The summed E-state index contributed by atoms with van der Waals surface area (Å²) in [5.41, 5.74) is 1.30. The Bertz CT molecular complexity index is 829. The molecule has 1 aromatic heterocycles. The van der Waals surface area contributed by atoms with Gasteiger partial charge in [0, 0.05) is 6.08 Å². The van der Waals surface area contributed by atoms with Gasteiger partial charge in [-0.25, -0.2) is 9.78 Å². The number of hydrogen-bond donors (Lipinski definition) is 1. The molecule has 0 atom stereocenters. The zero-order chi connectivity index (χ0) is 19.1. The highest BCUT2D eigenvalue weighted by Crippen LogP contribution is 2.28. The maximum atomic E-state index is 12.1. The fourth-order valence-corrected chi connectivity index (χ4v) is 2.97. The summed E-state index contributed by atoms with van der Waals surface area (Å²) in [4.78, 5) is 28.4. The highest BCUT2D eigenvalue weighted by molar-refractivity contribution is 7.17. The maximum Gasteiger partial charge on any atom is 0.350 e. The van der Waals surface area contributed by atoms with Crippen LogP contribution in [-0.2, 0) is 9.53 Å². The molecule has 0 saturated heterocycles. The minimum atomic E-state index is -0.441. The van der Waals surface area contributed by atoms with Gasteiger partial charge in [0.2, 0.25) is 5.91 Å². The van der Waals surface area contributed by atoms with Crippen LogP contribution in [-0.4, -0.2) is 37.7 Å². The topological polar surface area (TPSA) is 86.8 Å². The summed E-state index contributed by atoms with van der Waals surface area (Å²) in [7, 11) is 3.10. The molecule has 1 amide bonds. The number of thiazole rings is 1. The molecule has 0 saturated carbocycles. The van der Waals surface area contributed by atoms with Crippen molar-refractivity contribution in [1.82, 2.24) is 4.98 Å². The minimum Gasteiger partial charge on any atom is -0.493 e. The van der Waals surface area contributed by atoms with Crippen molar-refractivity contribution in [2.75, 3.05) is 26.1 Å². The number of amides is 1. The van der Waals surface area contributed by atoms with Crippen molar-refractivity contribution in [3.05, 3.63) is 40.4 Å². The maximum absolute atomic E-state index is 12.1. The van der Waals surface area contributed by atoms with Gasteiger partial charge >= 0.3 is 5.97 Å². The zero-order valence-electron chi connectivity index (χ0n) is 15.0. The van der Waals surface area contributed by atoms with Crippen LogP contribution < -0.4 is 14.8 Å². The third-order valence-electron chi connectivity index (χ3n) is 3.32. The average Bonchev–Trinajstić information content (AvgIpc) is 3.00. The Labute approximate surface area is 155 Å². The van der Waals surface area contributed by atoms with Gasteiger partial charge in [0.05, 0.1) is 26.5 Å². The predicted octanol–water partition coefficient (Wildman–Crippen LogP) is 3.30. The Morgan fingerprint density at radius 2 is 1.96 bits per heavy atom. The molecule has 138 valence electrons. The summed E-state index contributed by atoms with van der Waals surface area (Å²) >= 11 is 1.08. The lowest BCUT2D eigenvalue weighted by Crippen LogP contribution is -2.07. The molecule has 1 heterocycles. The molecule has 7 nitrogen and oxygen atoms in total. The first-order chi connectivity index (χ1) is 12.5. The molecule has 0 aliphatic heterocycles. The number of nitrogens with one attached hydrogen (secondary N) is 1. The number of rotatable bonds is 7. The van der Waals surface area contributed by atoms with Crippen LogP contribution in [0.2, 0.25) is 0 Å². The lowest BCUT2D eigenvalue weighted by atomic mass is 10.2. The lowest BCUT2D eigenvalue weighted by Gasteiger charge is -2.07. The normalized spacial score (nSPS) is 10.6. The fourth-order valence-electron chi connectivity index (χ4n) is 2.11. The number of carbonyl (C=O) groups excluding carboxylic acids is 2. The number of aryl methyl sites for hydroxylation is 1. The Balaban J connectivity index is 2.06. The van der Waals surface area contributed by atoms with E-state index in [-0.39, 0.29) is 12.5 Å². The third-order valence-corrected chi connectivity index (χ3v) is 4.38. The van der Waals surface area contributed by atoms with Gasteiger partial charge in [-0.1, -0.05) is 17.4 Å². The van der Waals surface area contributed by atoms with Crippen LogP contribution in [0.15, 0.2) is 24.3 Å². The number of anilines is 1. The number of ether oxygens (including phenoxy) is 3. The molecule has 0 bridgehead atoms. The van der Waals surface area contributed by atoms with E-state index in [2.05, 4.69) is 10.3 Å². The molecule has 0 fully saturated rings. The van der Waals surface area contributed by atoms with E-state index in [0.717, 1.165) is 16.9 Å². The number of nitrogens with zero attached hydrogens (tertiary/aromatic N) is 1. The SMILES string of the molecule is CCOC(=O)c1sc(NC(=O)/C=C/c2ccc(OC)c(OC)c2)nc1C. The molecule has 2 rings (SSSR count). The summed E-state index contributed by atoms with van der Waals surface area (Å²) in [5, 5.41) is 2.98. The highest BCUT2D eigenvalue weighted by Gasteiger charge is 2.17. The van der Waals surface area contributed by atoms with Crippen molar-refractivity contribution in [1.29, 1.82) is 0 Å². The van der Waals surface area contributed by atoms with Crippen molar-refractivity contribution in [3.8, 4) is 11.5 Å². The molecule has 0 spiro atoms. The monoisotopic (exact) mass is 376 g/mol. The number of hydrogen-bond acceptors (Lipinski definition) is 7. The van der Waals surface area contributed by atoms with E-state index in [0.29, 0.717) is 27.2 Å². The highest BCUT2D eigenvalue weighted by atomic mass is 32.1. The Kier molecular flexibility index (Phi) is 6.74. The Morgan fingerprint density at radius 3 is 2.62 bits per heavy atom. The summed E-state index contributed by atoms with van der Waals surface area (Å²) < 4.78 is 15.4. The van der Waals surface area contributed by atoms with Gasteiger partial charge in [0.1, 0.15) is 4.88 Å². The van der Waals surface area contributed by atoms with Crippen molar-refractivity contribution in [2.24, 2.45) is 0 Å². The predicted molar refractivity (Wildman–Crippen MR) is 100 cm³/mol. The van der Waals surface area contributed by atoms with Gasteiger partial charge in [-0.15, -0.1) is 0 Å². The van der Waals surface area contributed by atoms with E-state index in [1.54, 1.807) is 52.3 Å². The molecule has 0 radical (unpaired) electrons. The van der Waals surface area contributed by atoms with Gasteiger partial charge in [-0.3, -0.25) is 10.1 Å². The molecule has 1 N–H and O–H groups in total. The molecular formula is C18H20N2O5S. The van der Waals surface area contributed by atoms with E-state index in [1.165, 1.54) is 6.08 Å². The molecule has 8 heteroatoms. The third kappa shape index (κ3) is 4.82. The number of carbonyl (C=O) groups is 2. The van der Waals surface area contributed by atoms with E-state index in [4.69, 9.17) is 14.2 Å². The van der Waals surface area contributed by atoms with Gasteiger partial charge in [-0.2, -0.15) is 0 Å². The standard InChI is InChI=1S/C18H20N2O5S/c1-5-25-17(22)16-11(2)19-18(26-16)20-15(21)9-7-12-6-8-13(23-3)14(10-12)24-4/h6-10H,5H2,1-4H3,(H,19,20,21)/b9-7+. The van der Waals surface area contributed by atoms with E-state index in [1.807, 2.05) is 0 Å². The van der Waals surface area contributed by atoms with Crippen molar-refractivity contribution >= 4 is 34.4 Å². The minimum absolute atomic E-state index is 0.284. The second-order valence-electron chi connectivity index (χ2n) is 5.09. The second-order valence-corrected chi connectivity index (χ2v) is 6.09. The van der Waals surface area contributed by atoms with Crippen LogP contribution in [0.5, 0.6) is 11.5 Å². The molecule has 26 heavy (non-hydrogen) atoms. The number of aromatic nitrogens is 1. The lowest BCUT2D eigenvalue weighted by molar-refractivity contribution is -0.111. The number of methoxy groups -OCH3 is 2. The fraction of sp³-hybridized carbons (Fsp3) is 0.278. The van der Waals surface area contributed by atoms with Crippen molar-refractivity contribution in [3.63, 3.8) is 0 Å². The molecule has 0 unspecified atom stereocenters. The zero-order valence-corrected chi connectivity index (χ0v) is 15.8. The van der Waals surface area contributed by atoms with Crippen LogP contribution in [0, 0.1) is 6.92 Å². The van der Waals surface area contributed by atoms with Crippen LogP contribution in [0.1, 0.15) is 27.9 Å². The Hall–Kier alpha value is -2.87. The summed E-state index contributed by atoms with van der Waals surface area (Å²) in [6, 6.07) is 5.32. The van der Waals surface area contributed by atoms with E-state index >= 15 is 0 Å². The largest absolute Gasteiger partial charge is 0.493 e. The molecular weight excluding hydrogens is 356 g/mol. The summed E-state index contributed by atoms with van der Waals surface area (Å²) in [6.45, 7) is 3.71. The Morgan fingerprint density at radius 1 is 1.23 bits per heavy atom. The van der Waals surface area contributed by atoms with Gasteiger partial charge < -0.3 is 14.2 Å². The molecule has 0 aliphatic carbocycles. The first-order valence-electron chi connectivity index (χ1n) is 7.84. The van der Waals surface area contributed by atoms with Gasteiger partial charge in [0.25, 0.3) is 0 Å². The number of esters is 1. The van der Waals surface area contributed by atoms with Crippen molar-refractivity contribution < 1.29 is 23.8 Å². The van der Waals surface area contributed by atoms with Crippen molar-refractivity contribution in [2.45, 2.75) is 13.8 Å². The number of benzene rings is 1. The van der Waals surface area contributed by atoms with Gasteiger partial charge in [-0.05, 0) is 37.6 Å².